The second kappa shape index (κ2) is 31.6. The number of carboxylic acids is 2. The van der Waals surface area contributed by atoms with Crippen LogP contribution in [0.1, 0.15) is 119 Å². The number of carbonyl (C=O) groups is 10. The maximum atomic E-state index is 15.0. The number of carboxylic acid groups (broad SMARTS) is 2. The van der Waals surface area contributed by atoms with Crippen LogP contribution in [0.25, 0.3) is 0 Å². The molecule has 27 nitrogen and oxygen atoms in total. The molecule has 14 atom stereocenters. The van der Waals surface area contributed by atoms with Crippen LogP contribution in [0, 0.1) is 17.8 Å². The number of nitrogens with zero attached hydrogens (tertiary/aromatic N) is 4. The molecule has 2 unspecified atom stereocenters. The zero-order valence-electron chi connectivity index (χ0n) is 51.2. The van der Waals surface area contributed by atoms with Crippen molar-refractivity contribution in [2.45, 2.75) is 166 Å². The lowest BCUT2D eigenvalue weighted by atomic mass is 9.92. The molecule has 0 saturated carbocycles. The van der Waals surface area contributed by atoms with Crippen molar-refractivity contribution in [1.82, 2.24) is 30.7 Å². The summed E-state index contributed by atoms with van der Waals surface area (Å²) in [4.78, 5) is 138. The van der Waals surface area contributed by atoms with Crippen LogP contribution in [0.5, 0.6) is 5.75 Å². The lowest BCUT2D eigenvalue weighted by molar-refractivity contribution is -0.942. The lowest BCUT2D eigenvalue weighted by Gasteiger charge is -2.44. The molecule has 6 rings (SSSR count). The summed E-state index contributed by atoms with van der Waals surface area (Å²) in [6, 6.07) is 9.64. The number of thiazole rings is 1. The number of nitrogens with two attached hydrogens (primary N) is 1. The molecule has 7 amide bonds. The molecule has 89 heavy (non-hydrogen) atoms. The van der Waals surface area contributed by atoms with E-state index in [-0.39, 0.29) is 65.8 Å². The fourth-order valence-electron chi connectivity index (χ4n) is 11.4. The molecular weight excluding hydrogens is 1180 g/mol. The molecule has 2 saturated heterocycles. The zero-order valence-corrected chi connectivity index (χ0v) is 52.1. The van der Waals surface area contributed by atoms with Gasteiger partial charge in [-0.05, 0) is 61.3 Å². The van der Waals surface area contributed by atoms with Gasteiger partial charge in [-0.3, -0.25) is 48.1 Å². The number of ether oxygens (including phenoxy) is 3. The molecule has 1 aromatic heterocycles. The van der Waals surface area contributed by atoms with Gasteiger partial charge in [-0.25, -0.2) is 9.78 Å². The highest BCUT2D eigenvalue weighted by atomic mass is 32.1. The van der Waals surface area contributed by atoms with Crippen molar-refractivity contribution in [3.63, 3.8) is 0 Å². The number of carbonyl (C=O) groups excluding carboxylic acids is 8. The van der Waals surface area contributed by atoms with Crippen molar-refractivity contribution in [1.29, 1.82) is 0 Å². The molecule has 3 aliphatic rings. The number of aromatic nitrogens is 1. The molecule has 11 N–H and O–H groups in total. The van der Waals surface area contributed by atoms with Crippen LogP contribution in [-0.4, -0.2) is 199 Å². The molecule has 4 heterocycles. The molecule has 3 aromatic rings. The van der Waals surface area contributed by atoms with Crippen molar-refractivity contribution < 1.29 is 92.2 Å². The summed E-state index contributed by atoms with van der Waals surface area (Å²) in [6.07, 6.45) is -6.36. The van der Waals surface area contributed by atoms with Crippen molar-refractivity contribution in [3.8, 4) is 5.75 Å². The molecule has 0 bridgehead atoms. The third-order valence-electron chi connectivity index (χ3n) is 16.6. The van der Waals surface area contributed by atoms with Gasteiger partial charge in [0, 0.05) is 81.5 Å². The first-order valence-corrected chi connectivity index (χ1v) is 30.6. The van der Waals surface area contributed by atoms with Gasteiger partial charge < -0.3 is 76.1 Å². The number of piperidine rings is 1. The number of benzene rings is 2. The Morgan fingerprint density at radius 3 is 2.21 bits per heavy atom. The van der Waals surface area contributed by atoms with Crippen LogP contribution in [0.3, 0.4) is 0 Å². The number of aliphatic hydroxyl groups is 3. The highest BCUT2D eigenvalue weighted by Crippen LogP contribution is 2.35. The Labute approximate surface area is 519 Å². The number of rotatable bonds is 30. The first kappa shape index (κ1) is 70.4. The number of aliphatic carboxylic acids is 2. The standard InChI is InChI=1S/C61H83N9O18S/c1-9-33(4)49(58(81)68(7)41(32(2)3)28-45(86-35(6)71)57-66-40(31-89-57)54(78)64-38(25-34(5)59(82)83)26-36-15-11-10-12-16-36)67-56(80)43-17-13-14-24-70(43,8)30-37-18-19-44(87-61-52(77)50(75)51(76)53(88-61)60(84)85)39(27-37)65-46(72)22-23-63-55(79)42(29-62)69-47(73)20-21-48(69)74/h10-12,15-16,18-21,27,31-34,38,41-43,45,49-53,61,75-77H,9,13-14,17,22-26,28-30,62H2,1-8H3,(H5-,63,64,65,67,72,78,79,80,82,83,84,85)/p+1/t33-,34-,38+,41+,42?,43+,45+,49-,50-,51-,52+,53-,61+,70?/m0/s1. The van der Waals surface area contributed by atoms with Gasteiger partial charge in [-0.2, -0.15) is 0 Å². The van der Waals surface area contributed by atoms with Gasteiger partial charge in [-0.15, -0.1) is 11.3 Å². The van der Waals surface area contributed by atoms with Crippen LogP contribution in [0.2, 0.25) is 0 Å². The van der Waals surface area contributed by atoms with E-state index in [4.69, 9.17) is 19.9 Å². The maximum absolute atomic E-state index is 15.0. The highest BCUT2D eigenvalue weighted by molar-refractivity contribution is 7.09. The Morgan fingerprint density at radius 2 is 1.60 bits per heavy atom. The van der Waals surface area contributed by atoms with E-state index >= 15 is 0 Å². The maximum Gasteiger partial charge on any atom is 0.335 e. The molecule has 28 heteroatoms. The van der Waals surface area contributed by atoms with Crippen molar-refractivity contribution in [3.05, 3.63) is 87.9 Å². The third-order valence-corrected chi connectivity index (χ3v) is 17.5. The van der Waals surface area contributed by atoms with E-state index < -0.39 is 139 Å². The number of likely N-dealkylation sites (N-methyl/N-ethyl adjacent to an activating group) is 2. The summed E-state index contributed by atoms with van der Waals surface area (Å²) >= 11 is 1.10. The second-order valence-electron chi connectivity index (χ2n) is 23.6. The Hall–Kier alpha value is -7.73. The highest BCUT2D eigenvalue weighted by Gasteiger charge is 2.49. The number of hydrogen-bond donors (Lipinski definition) is 10. The molecule has 0 aliphatic carbocycles. The molecule has 2 fully saturated rings. The molecule has 3 aliphatic heterocycles. The predicted octanol–water partition coefficient (Wildman–Crippen LogP) is 1.77. The molecule has 486 valence electrons. The van der Waals surface area contributed by atoms with Gasteiger partial charge in [0.05, 0.1) is 25.2 Å². The number of anilines is 1. The fourth-order valence-corrected chi connectivity index (χ4v) is 12.2. The Bertz CT molecular complexity index is 3060. The second-order valence-corrected chi connectivity index (χ2v) is 24.5. The van der Waals surface area contributed by atoms with E-state index in [0.717, 1.165) is 35.5 Å². The van der Waals surface area contributed by atoms with E-state index in [1.165, 1.54) is 24.4 Å². The van der Waals surface area contributed by atoms with E-state index in [1.807, 2.05) is 65.1 Å². The molecular formula is C61H84N9O18S+. The average molecular weight is 1260 g/mol. The number of aliphatic hydroxyl groups excluding tert-OH is 3. The number of hydrogen-bond acceptors (Lipinski definition) is 19. The minimum atomic E-state index is -2.03. The van der Waals surface area contributed by atoms with Crippen LogP contribution in [0.15, 0.2) is 66.1 Å². The van der Waals surface area contributed by atoms with Crippen molar-refractivity contribution in [2.75, 3.05) is 39.0 Å². The van der Waals surface area contributed by atoms with E-state index in [9.17, 15) is 73.5 Å². The normalized spacial score (nSPS) is 23.2. The number of quaternary nitrogens is 1. The first-order valence-electron chi connectivity index (χ1n) is 29.7. The van der Waals surface area contributed by atoms with Gasteiger partial charge in [0.15, 0.2) is 18.2 Å². The summed E-state index contributed by atoms with van der Waals surface area (Å²) in [7, 11) is 3.51. The van der Waals surface area contributed by atoms with Gasteiger partial charge in [0.2, 0.25) is 24.0 Å². The molecule has 0 radical (unpaired) electrons. The van der Waals surface area contributed by atoms with Crippen LogP contribution in [0.4, 0.5) is 5.69 Å². The van der Waals surface area contributed by atoms with Gasteiger partial charge in [-0.1, -0.05) is 71.4 Å². The van der Waals surface area contributed by atoms with Gasteiger partial charge >= 0.3 is 17.9 Å². The minimum absolute atomic E-state index is 0.0387. The summed E-state index contributed by atoms with van der Waals surface area (Å²) in [5, 5.41) is 64.3. The molecule has 0 spiro atoms. The van der Waals surface area contributed by atoms with E-state index in [2.05, 4.69) is 26.3 Å². The number of imide groups is 1. The zero-order chi connectivity index (χ0) is 65.6. The van der Waals surface area contributed by atoms with Crippen LogP contribution in [-0.2, 0) is 65.6 Å². The number of nitrogens with one attached hydrogen (secondary N) is 4. The smallest absolute Gasteiger partial charge is 0.335 e. The number of esters is 1. The summed E-state index contributed by atoms with van der Waals surface area (Å²) in [6.45, 7) is 10.3. The molecule has 2 aromatic carbocycles. The quantitative estimate of drug-likeness (QED) is 0.0258. The van der Waals surface area contributed by atoms with Gasteiger partial charge in [0.1, 0.15) is 53.4 Å². The minimum Gasteiger partial charge on any atom is -0.481 e. The SMILES string of the molecule is CC[C@H](C)[C@H](NC(=O)[C@H]1CCCC[N+]1(C)Cc1ccc(O[C@@H]2O[C@H](C(=O)O)[C@@H](O)[C@H](O)[C@H]2O)c(NC(=O)CCNC(=O)C(CN)N2C(=O)C=CC2=O)c1)C(=O)N(C)[C@H](C[C@@H](OC(C)=O)c1nc(C(=O)N[C@@H](Cc2ccccc2)C[C@H](C)C(=O)O)cs1)C(C)C. The summed E-state index contributed by atoms with van der Waals surface area (Å²) < 4.78 is 17.3. The van der Waals surface area contributed by atoms with Crippen molar-refractivity contribution >= 4 is 76.3 Å². The van der Waals surface area contributed by atoms with Crippen LogP contribution >= 0.6 is 11.3 Å². The van der Waals surface area contributed by atoms with Crippen molar-refractivity contribution in [2.24, 2.45) is 23.5 Å². The van der Waals surface area contributed by atoms with Crippen LogP contribution < -0.4 is 31.7 Å². The van der Waals surface area contributed by atoms with E-state index in [1.54, 1.807) is 24.9 Å². The average Bonchev–Trinajstić information content (AvgIpc) is 1.58. The fraction of sp³-hybridized carbons (Fsp3) is 0.557. The number of amides is 7. The largest absolute Gasteiger partial charge is 0.481 e. The number of likely N-dealkylation sites (tertiary alicyclic amines) is 1. The lowest BCUT2D eigenvalue weighted by Crippen LogP contribution is -2.63. The predicted molar refractivity (Wildman–Crippen MR) is 321 cm³/mol. The topological polar surface area (TPSA) is 393 Å². The first-order chi connectivity index (χ1) is 42.1. The summed E-state index contributed by atoms with van der Waals surface area (Å²) in [5.41, 5.74) is 7.19. The summed E-state index contributed by atoms with van der Waals surface area (Å²) in [5.74, 6) is -9.11. The van der Waals surface area contributed by atoms with E-state index in [0.29, 0.717) is 47.7 Å². The Morgan fingerprint density at radius 1 is 0.910 bits per heavy atom. The monoisotopic (exact) mass is 1260 g/mol. The Balaban J connectivity index is 1.20. The Kier molecular flexibility index (Phi) is 25.0. The van der Waals surface area contributed by atoms with Gasteiger partial charge in [0.25, 0.3) is 23.6 Å². The third kappa shape index (κ3) is 18.2.